The molecule has 0 bridgehead atoms. The molecule has 0 aliphatic heterocycles. The number of rotatable bonds is 4. The predicted octanol–water partition coefficient (Wildman–Crippen LogP) is 2.01. The average molecular weight is 234 g/mol. The number of aryl methyl sites for hydroxylation is 1. The van der Waals surface area contributed by atoms with Gasteiger partial charge in [-0.25, -0.2) is 0 Å². The zero-order valence-corrected chi connectivity index (χ0v) is 9.75. The molecular formula is C12H14N2O3. The zero-order chi connectivity index (χ0) is 12.3. The van der Waals surface area contributed by atoms with Crippen molar-refractivity contribution >= 4 is 0 Å². The Morgan fingerprint density at radius 1 is 1.35 bits per heavy atom. The van der Waals surface area contributed by atoms with E-state index in [4.69, 9.17) is 9.26 Å². The van der Waals surface area contributed by atoms with E-state index < -0.39 is 6.10 Å². The van der Waals surface area contributed by atoms with Gasteiger partial charge in [0.05, 0.1) is 6.10 Å². The van der Waals surface area contributed by atoms with E-state index in [1.165, 1.54) is 0 Å². The van der Waals surface area contributed by atoms with Crippen LogP contribution in [0.15, 0.2) is 28.8 Å². The van der Waals surface area contributed by atoms with Crippen molar-refractivity contribution in [2.24, 2.45) is 0 Å². The maximum Gasteiger partial charge on any atom is 0.264 e. The van der Waals surface area contributed by atoms with Gasteiger partial charge in [0, 0.05) is 0 Å². The van der Waals surface area contributed by atoms with Gasteiger partial charge in [-0.15, -0.1) is 0 Å². The Balaban J connectivity index is 1.95. The van der Waals surface area contributed by atoms with Gasteiger partial charge in [-0.05, 0) is 31.5 Å². The third-order valence-electron chi connectivity index (χ3n) is 2.29. The molecule has 0 amide bonds. The van der Waals surface area contributed by atoms with Crippen LogP contribution in [0.3, 0.4) is 0 Å². The molecule has 5 heteroatoms. The summed E-state index contributed by atoms with van der Waals surface area (Å²) in [7, 11) is 0. The van der Waals surface area contributed by atoms with Crippen molar-refractivity contribution in [1.29, 1.82) is 0 Å². The Kier molecular flexibility index (Phi) is 3.39. The molecule has 17 heavy (non-hydrogen) atoms. The van der Waals surface area contributed by atoms with Crippen molar-refractivity contribution in [2.75, 3.05) is 0 Å². The molecule has 0 fully saturated rings. The number of ether oxygens (including phenoxy) is 1. The van der Waals surface area contributed by atoms with Crippen LogP contribution in [-0.2, 0) is 6.61 Å². The van der Waals surface area contributed by atoms with Crippen LogP contribution in [0.4, 0.5) is 0 Å². The Hall–Kier alpha value is -1.88. The van der Waals surface area contributed by atoms with E-state index in [1.54, 1.807) is 26.0 Å². The standard InChI is InChI=1S/C12H14N2O3/c1-8(15)10-3-5-11(6-4-10)16-7-12-13-9(2)14-17-12/h3-6,8,15H,7H2,1-2H3/t8-/m1/s1. The lowest BCUT2D eigenvalue weighted by atomic mass is 10.1. The number of nitrogens with zero attached hydrogens (tertiary/aromatic N) is 2. The van der Waals surface area contributed by atoms with E-state index in [0.29, 0.717) is 17.5 Å². The number of benzene rings is 1. The van der Waals surface area contributed by atoms with Gasteiger partial charge in [-0.2, -0.15) is 4.98 Å². The molecule has 1 aromatic heterocycles. The van der Waals surface area contributed by atoms with Crippen LogP contribution >= 0.6 is 0 Å². The monoisotopic (exact) mass is 234 g/mol. The van der Waals surface area contributed by atoms with Crippen molar-refractivity contribution in [3.05, 3.63) is 41.5 Å². The Morgan fingerprint density at radius 3 is 2.59 bits per heavy atom. The van der Waals surface area contributed by atoms with E-state index >= 15 is 0 Å². The smallest absolute Gasteiger partial charge is 0.264 e. The first-order valence-electron chi connectivity index (χ1n) is 5.35. The largest absolute Gasteiger partial charge is 0.484 e. The first-order chi connectivity index (χ1) is 8.15. The molecule has 0 aliphatic rings. The minimum Gasteiger partial charge on any atom is -0.484 e. The summed E-state index contributed by atoms with van der Waals surface area (Å²) in [4.78, 5) is 4.03. The second-order valence-electron chi connectivity index (χ2n) is 3.77. The molecule has 0 radical (unpaired) electrons. The summed E-state index contributed by atoms with van der Waals surface area (Å²) in [6.45, 7) is 3.72. The molecule has 1 atom stereocenters. The third-order valence-corrected chi connectivity index (χ3v) is 2.29. The molecule has 0 unspecified atom stereocenters. The van der Waals surface area contributed by atoms with Crippen LogP contribution in [0, 0.1) is 6.92 Å². The zero-order valence-electron chi connectivity index (χ0n) is 9.75. The number of hydrogen-bond acceptors (Lipinski definition) is 5. The van der Waals surface area contributed by atoms with Crippen molar-refractivity contribution in [1.82, 2.24) is 10.1 Å². The van der Waals surface area contributed by atoms with Crippen LogP contribution in [0.2, 0.25) is 0 Å². The van der Waals surface area contributed by atoms with Crippen LogP contribution < -0.4 is 4.74 Å². The second kappa shape index (κ2) is 4.97. The van der Waals surface area contributed by atoms with Crippen LogP contribution in [0.5, 0.6) is 5.75 Å². The van der Waals surface area contributed by atoms with E-state index in [-0.39, 0.29) is 6.61 Å². The third kappa shape index (κ3) is 3.04. The summed E-state index contributed by atoms with van der Waals surface area (Å²) in [5.74, 6) is 1.74. The summed E-state index contributed by atoms with van der Waals surface area (Å²) >= 11 is 0. The highest BCUT2D eigenvalue weighted by Crippen LogP contribution is 2.17. The highest BCUT2D eigenvalue weighted by atomic mass is 16.5. The molecule has 90 valence electrons. The lowest BCUT2D eigenvalue weighted by Crippen LogP contribution is -1.96. The first-order valence-corrected chi connectivity index (χ1v) is 5.35. The Labute approximate surface area is 99.0 Å². The molecule has 5 nitrogen and oxygen atoms in total. The fourth-order valence-electron chi connectivity index (χ4n) is 1.39. The van der Waals surface area contributed by atoms with Crippen molar-refractivity contribution < 1.29 is 14.4 Å². The fraction of sp³-hybridized carbons (Fsp3) is 0.333. The quantitative estimate of drug-likeness (QED) is 0.876. The molecule has 1 N–H and O–H groups in total. The minimum absolute atomic E-state index is 0.245. The summed E-state index contributed by atoms with van der Waals surface area (Å²) in [6, 6.07) is 7.23. The average Bonchev–Trinajstić information content (AvgIpc) is 2.73. The molecule has 0 aliphatic carbocycles. The molecule has 2 aromatic rings. The lowest BCUT2D eigenvalue weighted by molar-refractivity contribution is 0.199. The first kappa shape index (κ1) is 11.6. The van der Waals surface area contributed by atoms with Crippen molar-refractivity contribution in [3.63, 3.8) is 0 Å². The second-order valence-corrected chi connectivity index (χ2v) is 3.77. The minimum atomic E-state index is -0.470. The van der Waals surface area contributed by atoms with Crippen molar-refractivity contribution in [2.45, 2.75) is 26.6 Å². The maximum atomic E-state index is 9.35. The topological polar surface area (TPSA) is 68.4 Å². The number of hydrogen-bond donors (Lipinski definition) is 1. The molecule has 0 spiro atoms. The van der Waals surface area contributed by atoms with Gasteiger partial charge >= 0.3 is 0 Å². The van der Waals surface area contributed by atoms with Gasteiger partial charge in [-0.1, -0.05) is 17.3 Å². The molecular weight excluding hydrogens is 220 g/mol. The summed E-state index contributed by atoms with van der Waals surface area (Å²) < 4.78 is 10.4. The number of aromatic nitrogens is 2. The van der Waals surface area contributed by atoms with Crippen LogP contribution in [-0.4, -0.2) is 15.2 Å². The van der Waals surface area contributed by atoms with Gasteiger partial charge in [0.1, 0.15) is 5.75 Å². The van der Waals surface area contributed by atoms with Gasteiger partial charge in [0.25, 0.3) is 5.89 Å². The van der Waals surface area contributed by atoms with E-state index in [2.05, 4.69) is 10.1 Å². The number of aliphatic hydroxyl groups excluding tert-OH is 1. The highest BCUT2D eigenvalue weighted by molar-refractivity contribution is 5.28. The lowest BCUT2D eigenvalue weighted by Gasteiger charge is -2.06. The van der Waals surface area contributed by atoms with Crippen molar-refractivity contribution in [3.8, 4) is 5.75 Å². The molecule has 0 saturated heterocycles. The maximum absolute atomic E-state index is 9.35. The molecule has 1 aromatic carbocycles. The summed E-state index contributed by atoms with van der Waals surface area (Å²) in [6.07, 6.45) is -0.470. The molecule has 2 rings (SSSR count). The summed E-state index contributed by atoms with van der Waals surface area (Å²) in [5.41, 5.74) is 0.853. The van der Waals surface area contributed by atoms with Gasteiger partial charge in [0.15, 0.2) is 12.4 Å². The van der Waals surface area contributed by atoms with E-state index in [0.717, 1.165) is 5.56 Å². The normalized spacial score (nSPS) is 12.4. The highest BCUT2D eigenvalue weighted by Gasteiger charge is 2.04. The van der Waals surface area contributed by atoms with E-state index in [9.17, 15) is 5.11 Å². The predicted molar refractivity (Wildman–Crippen MR) is 60.4 cm³/mol. The Morgan fingerprint density at radius 2 is 2.06 bits per heavy atom. The van der Waals surface area contributed by atoms with Crippen LogP contribution in [0.25, 0.3) is 0 Å². The molecule has 1 heterocycles. The summed E-state index contributed by atoms with van der Waals surface area (Å²) in [5, 5.41) is 13.0. The number of aliphatic hydroxyl groups is 1. The van der Waals surface area contributed by atoms with Gasteiger partial charge < -0.3 is 14.4 Å². The molecule has 0 saturated carbocycles. The van der Waals surface area contributed by atoms with Crippen LogP contribution in [0.1, 0.15) is 30.3 Å². The van der Waals surface area contributed by atoms with Gasteiger partial charge in [0.2, 0.25) is 0 Å². The Bertz CT molecular complexity index is 477. The van der Waals surface area contributed by atoms with Gasteiger partial charge in [-0.3, -0.25) is 0 Å². The fourth-order valence-corrected chi connectivity index (χ4v) is 1.39. The SMILES string of the molecule is Cc1noc(COc2ccc([C@@H](C)O)cc2)n1. The van der Waals surface area contributed by atoms with E-state index in [1.807, 2.05) is 12.1 Å².